The number of hydrogen-bond acceptors (Lipinski definition) is 4. The molecule has 3 atom stereocenters. The van der Waals surface area contributed by atoms with Gasteiger partial charge >= 0.3 is 6.18 Å². The van der Waals surface area contributed by atoms with E-state index in [2.05, 4.69) is 0 Å². The third-order valence-electron chi connectivity index (χ3n) is 9.13. The van der Waals surface area contributed by atoms with Crippen molar-refractivity contribution in [3.8, 4) is 0 Å². The molecule has 0 N–H and O–H groups in total. The molecule has 0 bridgehead atoms. The molecule has 6 nitrogen and oxygen atoms in total. The highest BCUT2D eigenvalue weighted by Gasteiger charge is 2.55. The van der Waals surface area contributed by atoms with Crippen LogP contribution in [-0.2, 0) is 38.7 Å². The molecule has 2 aromatic rings. The van der Waals surface area contributed by atoms with E-state index in [1.807, 2.05) is 9.80 Å². The van der Waals surface area contributed by atoms with Crippen LogP contribution in [0.2, 0.25) is 0 Å². The number of aryl methyl sites for hydroxylation is 1. The molecular weight excluding hydrogens is 565 g/mol. The van der Waals surface area contributed by atoms with Gasteiger partial charge < -0.3 is 4.90 Å². The highest BCUT2D eigenvalue weighted by atomic mass is 32.2. The maximum Gasteiger partial charge on any atom is 0.426 e. The fraction of sp³-hybridized carbons (Fsp3) is 0.552. The first-order valence-electron chi connectivity index (χ1n) is 13.7. The van der Waals surface area contributed by atoms with E-state index in [0.717, 1.165) is 11.1 Å². The molecule has 0 saturated carbocycles. The Kier molecular flexibility index (Phi) is 7.74. The van der Waals surface area contributed by atoms with E-state index < -0.39 is 32.8 Å². The molecule has 1 aliphatic carbocycles. The van der Waals surface area contributed by atoms with Crippen LogP contribution in [0.25, 0.3) is 0 Å². The Bertz CT molecular complexity index is 1410. The molecule has 1 amide bonds. The minimum absolute atomic E-state index is 0.0859. The monoisotopic (exact) mass is 599 g/mol. The lowest BCUT2D eigenvalue weighted by atomic mass is 9.63. The van der Waals surface area contributed by atoms with E-state index in [1.54, 1.807) is 18.2 Å². The van der Waals surface area contributed by atoms with Crippen molar-refractivity contribution in [1.82, 2.24) is 14.1 Å². The standard InChI is InChI=1S/C29H34F5N3O3S/c1-27(31,29(32,33)34)22-6-9-24-21(17-22)5-10-25-28(24,18-20-3-7-23(30)8-4-20)11-12-37(25)26(38)19-35-13-15-36(16-14-35)41(2,39)40/h3-4,6-9,17,25H,5,10-16,18-19H2,1-2H3/t25-,27?,28-/m1/s1. The molecule has 2 fully saturated rings. The molecule has 5 rings (SSSR count). The number of alkyl halides is 4. The zero-order chi connectivity index (χ0) is 29.8. The molecule has 2 heterocycles. The fourth-order valence-corrected chi connectivity index (χ4v) is 7.62. The van der Waals surface area contributed by atoms with Gasteiger partial charge in [-0.25, -0.2) is 17.2 Å². The number of sulfonamides is 1. The third-order valence-corrected chi connectivity index (χ3v) is 10.4. The molecule has 2 aromatic carbocycles. The predicted molar refractivity (Wildman–Crippen MR) is 144 cm³/mol. The second kappa shape index (κ2) is 10.6. The zero-order valence-electron chi connectivity index (χ0n) is 23.1. The summed E-state index contributed by atoms with van der Waals surface area (Å²) in [6, 6.07) is 9.94. The van der Waals surface area contributed by atoms with Crippen LogP contribution in [-0.4, -0.2) is 86.2 Å². The van der Waals surface area contributed by atoms with Gasteiger partial charge in [0.25, 0.3) is 0 Å². The number of halogens is 5. The normalized spacial score (nSPS) is 25.4. The van der Waals surface area contributed by atoms with Crippen LogP contribution in [0.4, 0.5) is 22.0 Å². The van der Waals surface area contributed by atoms with Crippen LogP contribution in [0.3, 0.4) is 0 Å². The lowest BCUT2D eigenvalue weighted by Crippen LogP contribution is -2.54. The highest BCUT2D eigenvalue weighted by molar-refractivity contribution is 7.88. The number of carbonyl (C=O) groups excluding carboxylic acids is 1. The Morgan fingerprint density at radius 3 is 2.27 bits per heavy atom. The average molecular weight is 600 g/mol. The summed E-state index contributed by atoms with van der Waals surface area (Å²) in [6.45, 7) is 2.60. The van der Waals surface area contributed by atoms with E-state index in [4.69, 9.17) is 0 Å². The van der Waals surface area contributed by atoms with Crippen LogP contribution in [0.1, 0.15) is 42.0 Å². The SMILES string of the molecule is CC(F)(c1ccc2c(c1)CC[C@H]1N(C(=O)CN3CCN(S(C)(=O)=O)CC3)CC[C@@]21Cc1ccc(F)cc1)C(F)(F)F. The van der Waals surface area contributed by atoms with Gasteiger partial charge in [0.2, 0.25) is 21.6 Å². The van der Waals surface area contributed by atoms with Crippen LogP contribution < -0.4 is 0 Å². The number of fused-ring (bicyclic) bond motifs is 3. The van der Waals surface area contributed by atoms with E-state index in [0.29, 0.717) is 70.9 Å². The summed E-state index contributed by atoms with van der Waals surface area (Å²) in [4.78, 5) is 17.4. The van der Waals surface area contributed by atoms with Gasteiger partial charge in [-0.3, -0.25) is 9.69 Å². The Labute approximate surface area is 237 Å². The summed E-state index contributed by atoms with van der Waals surface area (Å²) in [5.74, 6) is -0.470. The lowest BCUT2D eigenvalue weighted by Gasteiger charge is -2.44. The van der Waals surface area contributed by atoms with Crippen LogP contribution >= 0.6 is 0 Å². The maximum atomic E-state index is 14.9. The van der Waals surface area contributed by atoms with Gasteiger partial charge in [0, 0.05) is 44.2 Å². The molecular formula is C29H34F5N3O3S. The molecule has 0 aromatic heterocycles. The van der Waals surface area contributed by atoms with E-state index in [1.165, 1.54) is 34.8 Å². The van der Waals surface area contributed by atoms with Gasteiger partial charge in [-0.1, -0.05) is 30.3 Å². The highest BCUT2D eigenvalue weighted by Crippen LogP contribution is 2.51. The van der Waals surface area contributed by atoms with Crippen LogP contribution in [0.15, 0.2) is 42.5 Å². The molecule has 0 spiro atoms. The van der Waals surface area contributed by atoms with Crippen molar-refractivity contribution in [3.05, 3.63) is 70.5 Å². The molecule has 0 radical (unpaired) electrons. The average Bonchev–Trinajstić information content (AvgIpc) is 3.28. The Hall–Kier alpha value is -2.57. The first-order chi connectivity index (χ1) is 19.1. The van der Waals surface area contributed by atoms with E-state index >= 15 is 0 Å². The quantitative estimate of drug-likeness (QED) is 0.468. The van der Waals surface area contributed by atoms with Crippen molar-refractivity contribution in [2.24, 2.45) is 0 Å². The summed E-state index contributed by atoms with van der Waals surface area (Å²) < 4.78 is 94.1. The van der Waals surface area contributed by atoms with Gasteiger partial charge in [-0.05, 0) is 67.0 Å². The first-order valence-corrected chi connectivity index (χ1v) is 15.6. The van der Waals surface area contributed by atoms with Crippen molar-refractivity contribution in [1.29, 1.82) is 0 Å². The van der Waals surface area contributed by atoms with Gasteiger partial charge in [0.05, 0.1) is 12.8 Å². The molecule has 41 heavy (non-hydrogen) atoms. The predicted octanol–water partition coefficient (Wildman–Crippen LogP) is 4.18. The van der Waals surface area contributed by atoms with Gasteiger partial charge in [-0.2, -0.15) is 17.5 Å². The molecule has 12 heteroatoms. The van der Waals surface area contributed by atoms with Crippen LogP contribution in [0, 0.1) is 5.82 Å². The third kappa shape index (κ3) is 5.62. The number of hydrogen-bond donors (Lipinski definition) is 0. The van der Waals surface area contributed by atoms with Gasteiger partial charge in [0.1, 0.15) is 5.82 Å². The zero-order valence-corrected chi connectivity index (χ0v) is 23.9. The summed E-state index contributed by atoms with van der Waals surface area (Å²) in [6.07, 6.45) is -1.99. The Morgan fingerprint density at radius 2 is 1.66 bits per heavy atom. The smallest absolute Gasteiger partial charge is 0.338 e. The van der Waals surface area contributed by atoms with Gasteiger partial charge in [0.15, 0.2) is 0 Å². The summed E-state index contributed by atoms with van der Waals surface area (Å²) in [5.41, 5.74) is -2.29. The molecule has 1 unspecified atom stereocenters. The number of rotatable bonds is 6. The minimum Gasteiger partial charge on any atom is -0.338 e. The van der Waals surface area contributed by atoms with Crippen molar-refractivity contribution >= 4 is 15.9 Å². The topological polar surface area (TPSA) is 60.9 Å². The largest absolute Gasteiger partial charge is 0.426 e. The number of amides is 1. The second-order valence-corrected chi connectivity index (χ2v) is 13.6. The van der Waals surface area contributed by atoms with Crippen molar-refractivity contribution in [2.75, 3.05) is 45.5 Å². The molecule has 2 saturated heterocycles. The summed E-state index contributed by atoms with van der Waals surface area (Å²) >= 11 is 0. The van der Waals surface area contributed by atoms with Crippen LogP contribution in [0.5, 0.6) is 0 Å². The van der Waals surface area contributed by atoms with E-state index in [-0.39, 0.29) is 24.3 Å². The Balaban J connectivity index is 1.43. The minimum atomic E-state index is -5.06. The fourth-order valence-electron chi connectivity index (χ4n) is 6.79. The number of nitrogens with zero attached hydrogens (tertiary/aromatic N) is 3. The molecule has 3 aliphatic rings. The number of likely N-dealkylation sites (tertiary alicyclic amines) is 1. The second-order valence-electron chi connectivity index (χ2n) is 11.7. The number of piperazine rings is 1. The van der Waals surface area contributed by atoms with Crippen molar-refractivity contribution in [2.45, 2.75) is 55.9 Å². The number of benzene rings is 2. The number of carbonyl (C=O) groups is 1. The Morgan fingerprint density at radius 1 is 1.00 bits per heavy atom. The molecule has 2 aliphatic heterocycles. The van der Waals surface area contributed by atoms with Crippen molar-refractivity contribution < 1.29 is 35.2 Å². The lowest BCUT2D eigenvalue weighted by molar-refractivity contribution is -0.228. The van der Waals surface area contributed by atoms with Crippen molar-refractivity contribution in [3.63, 3.8) is 0 Å². The maximum absolute atomic E-state index is 14.9. The first kappa shape index (κ1) is 29.9. The summed E-state index contributed by atoms with van der Waals surface area (Å²) in [5, 5.41) is 0. The summed E-state index contributed by atoms with van der Waals surface area (Å²) in [7, 11) is -3.30. The molecule has 224 valence electrons. The van der Waals surface area contributed by atoms with E-state index in [9.17, 15) is 35.2 Å². The van der Waals surface area contributed by atoms with Gasteiger partial charge in [-0.15, -0.1) is 0 Å².